The molecule has 0 heterocycles. The van der Waals surface area contributed by atoms with Crippen LogP contribution < -0.4 is 68.9 Å². The topological polar surface area (TPSA) is 63.2 Å². The van der Waals surface area contributed by atoms with Crippen LogP contribution >= 0.6 is 7.60 Å². The van der Waals surface area contributed by atoms with E-state index in [0.717, 1.165) is 19.3 Å². The van der Waals surface area contributed by atoms with Gasteiger partial charge in [0.2, 0.25) is 0 Å². The van der Waals surface area contributed by atoms with Crippen LogP contribution in [0, 0.1) is 0 Å². The Kier molecular flexibility index (Phi) is 21.0. The van der Waals surface area contributed by atoms with Crippen molar-refractivity contribution >= 4 is 7.60 Å². The van der Waals surface area contributed by atoms with Gasteiger partial charge in [0.05, 0.1) is 0 Å². The van der Waals surface area contributed by atoms with Gasteiger partial charge in [0.1, 0.15) is 0 Å². The first-order valence-corrected chi connectivity index (χ1v) is 7.59. The Morgan fingerprint density at radius 2 is 1.79 bits per heavy atom. The molecule has 0 saturated heterocycles. The molecule has 0 aromatic rings. The van der Waals surface area contributed by atoms with Gasteiger partial charge in [-0.1, -0.05) is 57.9 Å². The Morgan fingerprint density at radius 3 is 2.26 bits per heavy atom. The molecule has 6 heteroatoms. The van der Waals surface area contributed by atoms with Crippen molar-refractivity contribution in [3.05, 3.63) is 37.0 Å². The quantitative estimate of drug-likeness (QED) is 0.193. The zero-order valence-corrected chi connectivity index (χ0v) is 17.3. The summed E-state index contributed by atoms with van der Waals surface area (Å²) < 4.78 is 10.8. The molecule has 0 rings (SSSR count). The molecule has 0 aromatic heterocycles. The Morgan fingerprint density at radius 1 is 1.16 bits per heavy atom. The molecule has 0 fully saturated rings. The molecule has 0 bridgehead atoms. The van der Waals surface area contributed by atoms with Crippen LogP contribution in [0.3, 0.4) is 0 Å². The van der Waals surface area contributed by atoms with Gasteiger partial charge >= 0.3 is 59.1 Å². The monoisotopic (exact) mass is 302 g/mol. The van der Waals surface area contributed by atoms with Crippen molar-refractivity contribution in [1.29, 1.82) is 0 Å². The second-order valence-corrected chi connectivity index (χ2v) is 5.75. The van der Waals surface area contributed by atoms with Crippen molar-refractivity contribution in [1.82, 2.24) is 0 Å². The van der Waals surface area contributed by atoms with Crippen LogP contribution in [-0.4, -0.2) is 5.66 Å². The summed E-state index contributed by atoms with van der Waals surface area (Å²) in [5.74, 6) is 0. The molecule has 0 N–H and O–H groups in total. The number of hydrogen-bond donors (Lipinski definition) is 0. The largest absolute Gasteiger partial charge is 1.00 e. The van der Waals surface area contributed by atoms with Gasteiger partial charge in [-0.25, -0.2) is 0 Å². The van der Waals surface area contributed by atoms with E-state index in [-0.39, 0.29) is 59.1 Å². The average molecular weight is 302 g/mol. The van der Waals surface area contributed by atoms with Gasteiger partial charge < -0.3 is 14.4 Å². The summed E-state index contributed by atoms with van der Waals surface area (Å²) in [6.07, 6.45) is 12.9. The van der Waals surface area contributed by atoms with Gasteiger partial charge in [-0.3, -0.25) is 0 Å². The summed E-state index contributed by atoms with van der Waals surface area (Å²) in [6, 6.07) is 0. The fraction of sp³-hybridized carbons (Fsp3) is 0.538. The van der Waals surface area contributed by atoms with Crippen LogP contribution in [-0.2, 0) is 4.57 Å². The molecule has 0 radical (unpaired) electrons. The van der Waals surface area contributed by atoms with E-state index in [1.165, 1.54) is 0 Å². The predicted octanol–water partition coefficient (Wildman–Crippen LogP) is -3.45. The number of rotatable bonds is 9. The minimum atomic E-state index is -4.39. The Hall–Kier alpha value is 1.37. The van der Waals surface area contributed by atoms with Gasteiger partial charge in [-0.2, -0.15) is 0 Å². The number of unbranched alkanes of at least 4 members (excludes halogenated alkanes) is 2. The minimum absolute atomic E-state index is 0. The van der Waals surface area contributed by atoms with Gasteiger partial charge in [0, 0.05) is 0 Å². The maximum absolute atomic E-state index is 10.8. The minimum Gasteiger partial charge on any atom is -0.811 e. The molecule has 0 aliphatic carbocycles. The second-order valence-electron chi connectivity index (χ2n) is 3.94. The maximum atomic E-state index is 10.8. The average Bonchev–Trinajstić information content (AvgIpc) is 2.25. The molecule has 0 saturated carbocycles. The molecule has 0 amide bonds. The van der Waals surface area contributed by atoms with E-state index in [2.05, 4.69) is 6.58 Å². The summed E-state index contributed by atoms with van der Waals surface area (Å²) in [6.45, 7) is 5.30. The van der Waals surface area contributed by atoms with E-state index in [9.17, 15) is 14.4 Å². The first-order chi connectivity index (χ1) is 8.02. The van der Waals surface area contributed by atoms with E-state index in [4.69, 9.17) is 0 Å². The molecule has 3 nitrogen and oxygen atoms in total. The molecule has 19 heavy (non-hydrogen) atoms. The SMILES string of the molecule is C=CC=CC=CCCCCC(CC)P(=O)([O-])[O-].[Na+].[Na+]. The van der Waals surface area contributed by atoms with Crippen LogP contribution in [0.25, 0.3) is 0 Å². The van der Waals surface area contributed by atoms with Crippen LogP contribution in [0.1, 0.15) is 39.0 Å². The molecular weight excluding hydrogens is 281 g/mol. The predicted molar refractivity (Wildman–Crippen MR) is 68.6 cm³/mol. The van der Waals surface area contributed by atoms with Crippen molar-refractivity contribution < 1.29 is 73.5 Å². The second kappa shape index (κ2) is 15.8. The van der Waals surface area contributed by atoms with Crippen molar-refractivity contribution in [3.63, 3.8) is 0 Å². The molecule has 1 unspecified atom stereocenters. The molecule has 0 aliphatic heterocycles. The molecule has 1 atom stereocenters. The van der Waals surface area contributed by atoms with E-state index in [0.29, 0.717) is 12.8 Å². The zero-order chi connectivity index (χ0) is 13.1. The fourth-order valence-corrected chi connectivity index (χ4v) is 2.49. The van der Waals surface area contributed by atoms with Crippen LogP contribution in [0.4, 0.5) is 0 Å². The Balaban J connectivity index is -0.00000128. The Labute approximate surface area is 161 Å². The van der Waals surface area contributed by atoms with E-state index in [1.54, 1.807) is 13.0 Å². The normalized spacial score (nSPS) is 13.0. The smallest absolute Gasteiger partial charge is 0.811 e. The summed E-state index contributed by atoms with van der Waals surface area (Å²) >= 11 is 0. The van der Waals surface area contributed by atoms with Crippen LogP contribution in [0.5, 0.6) is 0 Å². The summed E-state index contributed by atoms with van der Waals surface area (Å²) in [7, 11) is -4.39. The third-order valence-corrected chi connectivity index (χ3v) is 4.09. The van der Waals surface area contributed by atoms with Crippen LogP contribution in [0.2, 0.25) is 0 Å². The molecular formula is C13H21Na2O3P. The van der Waals surface area contributed by atoms with Gasteiger partial charge in [0.25, 0.3) is 0 Å². The third-order valence-electron chi connectivity index (χ3n) is 2.57. The molecule has 98 valence electrons. The molecule has 0 spiro atoms. The molecule has 0 aliphatic rings. The van der Waals surface area contributed by atoms with E-state index in [1.807, 2.05) is 24.3 Å². The van der Waals surface area contributed by atoms with Crippen molar-refractivity contribution in [2.45, 2.75) is 44.7 Å². The van der Waals surface area contributed by atoms with Gasteiger partial charge in [0.15, 0.2) is 0 Å². The number of allylic oxidation sites excluding steroid dienone is 5. The van der Waals surface area contributed by atoms with Crippen molar-refractivity contribution in [3.8, 4) is 0 Å². The standard InChI is InChI=1S/C13H23O3P.2Na/c1-3-5-6-7-8-9-10-11-12-13(4-2)17(14,15)16;;/h3,5-8,13H,1,4,9-12H2,2H3,(H2,14,15,16);;/q;2*+1/p-2. The van der Waals surface area contributed by atoms with Crippen molar-refractivity contribution in [2.24, 2.45) is 0 Å². The van der Waals surface area contributed by atoms with Gasteiger partial charge in [-0.05, 0) is 31.3 Å². The van der Waals surface area contributed by atoms with Crippen molar-refractivity contribution in [2.75, 3.05) is 0 Å². The van der Waals surface area contributed by atoms with E-state index >= 15 is 0 Å². The van der Waals surface area contributed by atoms with Crippen LogP contribution in [0.15, 0.2) is 37.0 Å². The Bertz CT molecular complexity index is 311. The first-order valence-electron chi connectivity index (χ1n) is 5.98. The zero-order valence-electron chi connectivity index (χ0n) is 12.4. The fourth-order valence-electron chi connectivity index (χ4n) is 1.55. The first kappa shape index (κ1) is 25.3. The summed E-state index contributed by atoms with van der Waals surface area (Å²) in [5.41, 5.74) is -0.688. The maximum Gasteiger partial charge on any atom is 1.00 e. The summed E-state index contributed by atoms with van der Waals surface area (Å²) in [4.78, 5) is 21.7. The van der Waals surface area contributed by atoms with Gasteiger partial charge in [-0.15, -0.1) is 0 Å². The third kappa shape index (κ3) is 15.6. The van der Waals surface area contributed by atoms with E-state index < -0.39 is 13.3 Å². The summed E-state index contributed by atoms with van der Waals surface area (Å²) in [5, 5.41) is 0. The molecule has 0 aromatic carbocycles. The number of hydrogen-bond acceptors (Lipinski definition) is 3.